The predicted octanol–water partition coefficient (Wildman–Crippen LogP) is 7.25. The van der Waals surface area contributed by atoms with E-state index in [0.717, 1.165) is 82.8 Å². The third-order valence-corrected chi connectivity index (χ3v) is 7.33. The van der Waals surface area contributed by atoms with Gasteiger partial charge in [0.15, 0.2) is 11.6 Å². The van der Waals surface area contributed by atoms with Crippen molar-refractivity contribution in [2.24, 2.45) is 5.92 Å². The van der Waals surface area contributed by atoms with Crippen molar-refractivity contribution >= 4 is 0 Å². The molecular formula is C26H36F2O2. The van der Waals surface area contributed by atoms with Gasteiger partial charge in [-0.15, -0.1) is 0 Å². The SMILES string of the molecule is CCCC1CC=C(C2CCC(c3cc4c(c(F)c3F)OC(CCC)CC4)CC2)CO1. The molecule has 2 aliphatic heterocycles. The number of aryl methyl sites for hydroxylation is 1. The van der Waals surface area contributed by atoms with E-state index >= 15 is 0 Å². The Hall–Kier alpha value is -1.42. The standard InChI is InChI=1S/C26H36F2O2/c1-3-5-21-13-12-20(16-29-21)17-7-9-18(10-8-17)23-15-19-11-14-22(6-4-2)30-26(19)25(28)24(23)27/h12,15,17-18,21-22H,3-11,13-14,16H2,1-2H3. The summed E-state index contributed by atoms with van der Waals surface area (Å²) in [4.78, 5) is 0. The first-order valence-corrected chi connectivity index (χ1v) is 12.1. The van der Waals surface area contributed by atoms with Crippen LogP contribution in [0.3, 0.4) is 0 Å². The minimum atomic E-state index is -0.768. The molecule has 0 saturated heterocycles. The van der Waals surface area contributed by atoms with Gasteiger partial charge in [0.25, 0.3) is 0 Å². The third kappa shape index (κ3) is 4.59. The van der Waals surface area contributed by atoms with E-state index in [1.54, 1.807) is 0 Å². The molecule has 2 heterocycles. The number of hydrogen-bond donors (Lipinski definition) is 0. The number of halogens is 2. The van der Waals surface area contributed by atoms with Crippen molar-refractivity contribution in [2.45, 2.75) is 103 Å². The van der Waals surface area contributed by atoms with Gasteiger partial charge < -0.3 is 9.47 Å². The summed E-state index contributed by atoms with van der Waals surface area (Å²) in [5.74, 6) is -0.645. The van der Waals surface area contributed by atoms with Gasteiger partial charge in [0.2, 0.25) is 5.82 Å². The Labute approximate surface area is 180 Å². The largest absolute Gasteiger partial charge is 0.487 e. The lowest BCUT2D eigenvalue weighted by atomic mass is 9.75. The lowest BCUT2D eigenvalue weighted by Crippen LogP contribution is -2.25. The third-order valence-electron chi connectivity index (χ3n) is 7.33. The van der Waals surface area contributed by atoms with Gasteiger partial charge in [-0.25, -0.2) is 4.39 Å². The second kappa shape index (κ2) is 9.80. The summed E-state index contributed by atoms with van der Waals surface area (Å²) in [6, 6.07) is 1.90. The monoisotopic (exact) mass is 418 g/mol. The van der Waals surface area contributed by atoms with E-state index in [2.05, 4.69) is 19.9 Å². The van der Waals surface area contributed by atoms with Crippen molar-refractivity contribution < 1.29 is 18.3 Å². The number of hydrogen-bond acceptors (Lipinski definition) is 2. The second-order valence-electron chi connectivity index (χ2n) is 9.43. The first kappa shape index (κ1) is 21.8. The molecule has 1 fully saturated rings. The van der Waals surface area contributed by atoms with Gasteiger partial charge in [-0.1, -0.05) is 32.8 Å². The Morgan fingerprint density at radius 2 is 1.60 bits per heavy atom. The van der Waals surface area contributed by atoms with Crippen molar-refractivity contribution in [3.8, 4) is 5.75 Å². The highest BCUT2D eigenvalue weighted by Gasteiger charge is 2.32. The first-order valence-electron chi connectivity index (χ1n) is 12.1. The van der Waals surface area contributed by atoms with Gasteiger partial charge in [0, 0.05) is 0 Å². The maximum Gasteiger partial charge on any atom is 0.201 e. The minimum Gasteiger partial charge on any atom is -0.487 e. The van der Waals surface area contributed by atoms with Crippen LogP contribution in [0.5, 0.6) is 5.75 Å². The molecule has 3 aliphatic rings. The summed E-state index contributed by atoms with van der Waals surface area (Å²) in [5.41, 5.74) is 2.84. The summed E-state index contributed by atoms with van der Waals surface area (Å²) in [6.07, 6.45) is 13.5. The quantitative estimate of drug-likeness (QED) is 0.453. The molecule has 1 aromatic carbocycles. The Bertz CT molecular complexity index is 765. The van der Waals surface area contributed by atoms with E-state index in [9.17, 15) is 8.78 Å². The van der Waals surface area contributed by atoms with E-state index in [-0.39, 0.29) is 17.8 Å². The molecule has 2 atom stereocenters. The molecule has 0 aromatic heterocycles. The van der Waals surface area contributed by atoms with Crippen molar-refractivity contribution in [3.05, 3.63) is 40.5 Å². The maximum atomic E-state index is 15.0. The smallest absolute Gasteiger partial charge is 0.201 e. The fourth-order valence-corrected chi connectivity index (χ4v) is 5.57. The molecule has 166 valence electrons. The van der Waals surface area contributed by atoms with Crippen LogP contribution in [0.2, 0.25) is 0 Å². The summed E-state index contributed by atoms with van der Waals surface area (Å²) in [5, 5.41) is 0. The summed E-state index contributed by atoms with van der Waals surface area (Å²) >= 11 is 0. The van der Waals surface area contributed by atoms with E-state index in [1.807, 2.05) is 6.07 Å². The van der Waals surface area contributed by atoms with Gasteiger partial charge in [-0.3, -0.25) is 0 Å². The van der Waals surface area contributed by atoms with Crippen molar-refractivity contribution in [3.63, 3.8) is 0 Å². The zero-order valence-electron chi connectivity index (χ0n) is 18.5. The van der Waals surface area contributed by atoms with Crippen LogP contribution in [-0.2, 0) is 11.2 Å². The molecule has 1 aromatic rings. The summed E-state index contributed by atoms with van der Waals surface area (Å²) in [7, 11) is 0. The van der Waals surface area contributed by atoms with Crippen LogP contribution in [0.15, 0.2) is 17.7 Å². The Kier molecular flexibility index (Phi) is 7.12. The fraction of sp³-hybridized carbons (Fsp3) is 0.692. The number of rotatable bonds is 6. The second-order valence-corrected chi connectivity index (χ2v) is 9.43. The highest BCUT2D eigenvalue weighted by Crippen LogP contribution is 2.43. The molecule has 1 aliphatic carbocycles. The molecule has 4 heteroatoms. The van der Waals surface area contributed by atoms with E-state index in [0.29, 0.717) is 17.6 Å². The van der Waals surface area contributed by atoms with Gasteiger partial charge in [-0.05, 0) is 92.4 Å². The van der Waals surface area contributed by atoms with E-state index in [4.69, 9.17) is 9.47 Å². The topological polar surface area (TPSA) is 18.5 Å². The van der Waals surface area contributed by atoms with E-state index in [1.165, 1.54) is 5.57 Å². The van der Waals surface area contributed by atoms with Gasteiger partial charge >= 0.3 is 0 Å². The fourth-order valence-electron chi connectivity index (χ4n) is 5.57. The van der Waals surface area contributed by atoms with Crippen LogP contribution >= 0.6 is 0 Å². The van der Waals surface area contributed by atoms with Crippen LogP contribution in [0.4, 0.5) is 8.78 Å². The molecule has 0 spiro atoms. The molecular weight excluding hydrogens is 382 g/mol. The Morgan fingerprint density at radius 1 is 0.900 bits per heavy atom. The number of benzene rings is 1. The molecule has 4 rings (SSSR count). The van der Waals surface area contributed by atoms with Crippen molar-refractivity contribution in [1.82, 2.24) is 0 Å². The van der Waals surface area contributed by atoms with Gasteiger partial charge in [-0.2, -0.15) is 4.39 Å². The average molecular weight is 419 g/mol. The summed E-state index contributed by atoms with van der Waals surface area (Å²) < 4.78 is 41.7. The molecule has 0 amide bonds. The lowest BCUT2D eigenvalue weighted by Gasteiger charge is -2.34. The number of fused-ring (bicyclic) bond motifs is 1. The minimum absolute atomic E-state index is 0.0144. The van der Waals surface area contributed by atoms with Gasteiger partial charge in [0.1, 0.15) is 0 Å². The predicted molar refractivity (Wildman–Crippen MR) is 116 cm³/mol. The maximum absolute atomic E-state index is 15.0. The molecule has 2 nitrogen and oxygen atoms in total. The average Bonchev–Trinajstić information content (AvgIpc) is 2.78. The van der Waals surface area contributed by atoms with Crippen molar-refractivity contribution in [1.29, 1.82) is 0 Å². The van der Waals surface area contributed by atoms with Crippen LogP contribution < -0.4 is 4.74 Å². The summed E-state index contributed by atoms with van der Waals surface area (Å²) in [6.45, 7) is 5.04. The normalized spacial score (nSPS) is 29.1. The number of ether oxygens (including phenoxy) is 2. The first-order chi connectivity index (χ1) is 14.6. The van der Waals surface area contributed by atoms with Crippen LogP contribution in [0.25, 0.3) is 0 Å². The Morgan fingerprint density at radius 3 is 2.27 bits per heavy atom. The van der Waals surface area contributed by atoms with Crippen LogP contribution in [-0.4, -0.2) is 18.8 Å². The van der Waals surface area contributed by atoms with Crippen molar-refractivity contribution in [2.75, 3.05) is 6.61 Å². The van der Waals surface area contributed by atoms with E-state index < -0.39 is 11.6 Å². The molecule has 2 unspecified atom stereocenters. The lowest BCUT2D eigenvalue weighted by molar-refractivity contribution is 0.0486. The molecule has 30 heavy (non-hydrogen) atoms. The van der Waals surface area contributed by atoms with Crippen LogP contribution in [0.1, 0.15) is 95.1 Å². The molecule has 1 saturated carbocycles. The molecule has 0 bridgehead atoms. The highest BCUT2D eigenvalue weighted by molar-refractivity contribution is 5.43. The zero-order chi connectivity index (χ0) is 21.1. The zero-order valence-corrected chi connectivity index (χ0v) is 18.5. The molecule has 0 radical (unpaired) electrons. The highest BCUT2D eigenvalue weighted by atomic mass is 19.2. The van der Waals surface area contributed by atoms with Gasteiger partial charge in [0.05, 0.1) is 18.8 Å². The van der Waals surface area contributed by atoms with Crippen LogP contribution in [0, 0.1) is 17.6 Å². The Balaban J connectivity index is 1.41. The molecule has 0 N–H and O–H groups in total.